The van der Waals surface area contributed by atoms with Gasteiger partial charge in [0.1, 0.15) is 0 Å². The summed E-state index contributed by atoms with van der Waals surface area (Å²) in [5.41, 5.74) is 0. The predicted octanol–water partition coefficient (Wildman–Crippen LogP) is 0.969. The van der Waals surface area contributed by atoms with Crippen molar-refractivity contribution in [3.63, 3.8) is 0 Å². The summed E-state index contributed by atoms with van der Waals surface area (Å²) in [7, 11) is 0. The number of carbonyl (C=O) groups excluding carboxylic acids is 1. The molecule has 0 aromatic heterocycles. The molecule has 0 spiro atoms. The highest BCUT2D eigenvalue weighted by Gasteiger charge is 2.14. The fraction of sp³-hybridized carbons (Fsp3) is 0.714. The van der Waals surface area contributed by atoms with Gasteiger partial charge in [-0.3, -0.25) is 0 Å². The van der Waals surface area contributed by atoms with E-state index in [1.807, 2.05) is 0 Å². The number of carbonyl (C=O) groups is 2. The lowest BCUT2D eigenvalue weighted by Crippen LogP contribution is -2.22. The van der Waals surface area contributed by atoms with Gasteiger partial charge in [-0.2, -0.15) is 4.79 Å². The van der Waals surface area contributed by atoms with Gasteiger partial charge in [-0.25, -0.2) is 9.68 Å². The Hall–Kier alpha value is -1.46. The SMILES string of the molecule is CCOC(OCC)OOOOC(=O)OC(=O)O. The van der Waals surface area contributed by atoms with Crippen LogP contribution in [0.4, 0.5) is 9.59 Å². The summed E-state index contributed by atoms with van der Waals surface area (Å²) < 4.78 is 13.2. The third-order valence-corrected chi connectivity index (χ3v) is 1.02. The summed E-state index contributed by atoms with van der Waals surface area (Å²) in [6.45, 7) is 2.73. The van der Waals surface area contributed by atoms with Crippen molar-refractivity contribution in [2.45, 2.75) is 20.3 Å². The van der Waals surface area contributed by atoms with E-state index in [4.69, 9.17) is 14.6 Å². The molecule has 0 saturated carbocycles. The first-order chi connectivity index (χ1) is 8.10. The predicted molar refractivity (Wildman–Crippen MR) is 45.9 cm³/mol. The first-order valence-electron chi connectivity index (χ1n) is 4.44. The number of hydrogen-bond donors (Lipinski definition) is 1. The van der Waals surface area contributed by atoms with E-state index in [0.29, 0.717) is 0 Å². The lowest BCUT2D eigenvalue weighted by atomic mass is 10.8. The van der Waals surface area contributed by atoms with Gasteiger partial charge in [0, 0.05) is 18.3 Å². The minimum absolute atomic E-state index is 0.274. The highest BCUT2D eigenvalue weighted by Crippen LogP contribution is 1.99. The van der Waals surface area contributed by atoms with E-state index >= 15 is 0 Å². The summed E-state index contributed by atoms with van der Waals surface area (Å²) in [5, 5.41) is 15.6. The number of rotatable bonds is 8. The van der Waals surface area contributed by atoms with Crippen LogP contribution in [0.2, 0.25) is 0 Å². The van der Waals surface area contributed by atoms with Crippen LogP contribution in [-0.2, 0) is 34.1 Å². The Kier molecular flexibility index (Phi) is 8.91. The van der Waals surface area contributed by atoms with E-state index in [-0.39, 0.29) is 13.2 Å². The van der Waals surface area contributed by atoms with Crippen LogP contribution < -0.4 is 0 Å². The molecule has 0 bridgehead atoms. The normalized spacial score (nSPS) is 10.3. The molecule has 0 aliphatic carbocycles. The second-order valence-electron chi connectivity index (χ2n) is 2.13. The molecule has 0 aliphatic heterocycles. The Balaban J connectivity index is 3.59. The smallest absolute Gasteiger partial charge is 0.449 e. The molecule has 0 aromatic rings. The molecule has 0 heterocycles. The van der Waals surface area contributed by atoms with Crippen LogP contribution in [-0.4, -0.2) is 37.1 Å². The van der Waals surface area contributed by atoms with Crippen molar-refractivity contribution in [3.8, 4) is 0 Å². The molecule has 0 saturated heterocycles. The maximum Gasteiger partial charge on any atom is 0.553 e. The Bertz CT molecular complexity index is 223. The highest BCUT2D eigenvalue weighted by molar-refractivity contribution is 5.75. The van der Waals surface area contributed by atoms with Crippen molar-refractivity contribution in [1.29, 1.82) is 0 Å². The Morgan fingerprint density at radius 1 is 1.12 bits per heavy atom. The number of carboxylic acid groups (broad SMARTS) is 1. The standard InChI is InChI=1S/C7H12O10/c1-3-11-7(12-4-2)15-17-16-14-6(10)13-5(8)9/h7H,3-4H2,1-2H3,(H,8,9). The molecule has 10 nitrogen and oxygen atoms in total. The van der Waals surface area contributed by atoms with Crippen molar-refractivity contribution < 1.29 is 48.8 Å². The van der Waals surface area contributed by atoms with Crippen LogP contribution in [0.1, 0.15) is 13.8 Å². The first-order valence-corrected chi connectivity index (χ1v) is 4.44. The van der Waals surface area contributed by atoms with Crippen LogP contribution in [0.15, 0.2) is 0 Å². The van der Waals surface area contributed by atoms with Gasteiger partial charge < -0.3 is 19.3 Å². The monoisotopic (exact) mass is 256 g/mol. The van der Waals surface area contributed by atoms with E-state index in [9.17, 15) is 9.59 Å². The van der Waals surface area contributed by atoms with Gasteiger partial charge in [0.2, 0.25) is 0 Å². The van der Waals surface area contributed by atoms with Crippen molar-refractivity contribution in [2.24, 2.45) is 0 Å². The van der Waals surface area contributed by atoms with Gasteiger partial charge in [0.15, 0.2) is 0 Å². The van der Waals surface area contributed by atoms with Crippen molar-refractivity contribution in [1.82, 2.24) is 0 Å². The largest absolute Gasteiger partial charge is 0.553 e. The Morgan fingerprint density at radius 2 is 1.71 bits per heavy atom. The van der Waals surface area contributed by atoms with E-state index < -0.39 is 18.8 Å². The summed E-state index contributed by atoms with van der Waals surface area (Å²) in [6, 6.07) is 0. The van der Waals surface area contributed by atoms with E-state index in [1.54, 1.807) is 13.8 Å². The molecule has 0 fully saturated rings. The Morgan fingerprint density at radius 3 is 2.18 bits per heavy atom. The fourth-order valence-corrected chi connectivity index (χ4v) is 0.554. The first kappa shape index (κ1) is 15.5. The third-order valence-electron chi connectivity index (χ3n) is 1.02. The lowest BCUT2D eigenvalue weighted by molar-refractivity contribution is -0.653. The molecule has 17 heavy (non-hydrogen) atoms. The molecule has 0 aliphatic rings. The molecule has 0 atom stereocenters. The summed E-state index contributed by atoms with van der Waals surface area (Å²) in [6.07, 6.45) is -3.51. The minimum Gasteiger partial charge on any atom is -0.449 e. The molecular weight excluding hydrogens is 244 g/mol. The third kappa shape index (κ3) is 9.47. The van der Waals surface area contributed by atoms with Crippen LogP contribution in [0.3, 0.4) is 0 Å². The van der Waals surface area contributed by atoms with Crippen LogP contribution in [0.25, 0.3) is 0 Å². The van der Waals surface area contributed by atoms with E-state index in [1.165, 1.54) is 0 Å². The zero-order valence-corrected chi connectivity index (χ0v) is 9.11. The summed E-state index contributed by atoms with van der Waals surface area (Å²) in [4.78, 5) is 28.2. The van der Waals surface area contributed by atoms with Crippen molar-refractivity contribution in [3.05, 3.63) is 0 Å². The number of hydrogen-bond acceptors (Lipinski definition) is 9. The maximum absolute atomic E-state index is 10.4. The maximum atomic E-state index is 10.4. The molecule has 0 aromatic carbocycles. The quantitative estimate of drug-likeness (QED) is 0.168. The lowest BCUT2D eigenvalue weighted by Gasteiger charge is -2.13. The fourth-order valence-electron chi connectivity index (χ4n) is 0.554. The molecule has 0 rings (SSSR count). The van der Waals surface area contributed by atoms with Crippen molar-refractivity contribution in [2.75, 3.05) is 13.2 Å². The second kappa shape index (κ2) is 9.74. The molecule has 100 valence electrons. The Labute approximate surface area is 95.6 Å². The molecule has 0 unspecified atom stereocenters. The highest BCUT2D eigenvalue weighted by atomic mass is 17.7. The van der Waals surface area contributed by atoms with Gasteiger partial charge in [0.05, 0.1) is 0 Å². The van der Waals surface area contributed by atoms with Gasteiger partial charge in [0.25, 0.3) is 0 Å². The van der Waals surface area contributed by atoms with Crippen LogP contribution in [0.5, 0.6) is 0 Å². The average Bonchev–Trinajstić information content (AvgIpc) is 2.24. The summed E-state index contributed by atoms with van der Waals surface area (Å²) in [5.74, 6) is 0. The number of ether oxygens (including phenoxy) is 3. The van der Waals surface area contributed by atoms with Gasteiger partial charge >= 0.3 is 18.8 Å². The molecule has 10 heteroatoms. The minimum atomic E-state index is -1.86. The van der Waals surface area contributed by atoms with Gasteiger partial charge in [-0.05, 0) is 18.9 Å². The molecule has 0 amide bonds. The van der Waals surface area contributed by atoms with Crippen LogP contribution >= 0.6 is 0 Å². The molecule has 0 radical (unpaired) electrons. The molecule has 1 N–H and O–H groups in total. The van der Waals surface area contributed by atoms with Gasteiger partial charge in [-0.1, -0.05) is 0 Å². The average molecular weight is 256 g/mol. The molecular formula is C7H12O10. The second-order valence-corrected chi connectivity index (χ2v) is 2.13. The zero-order valence-electron chi connectivity index (χ0n) is 9.11. The van der Waals surface area contributed by atoms with Crippen LogP contribution in [0, 0.1) is 0 Å². The van der Waals surface area contributed by atoms with Gasteiger partial charge in [-0.15, -0.1) is 4.89 Å². The summed E-state index contributed by atoms with van der Waals surface area (Å²) >= 11 is 0. The zero-order chi connectivity index (χ0) is 13.1. The van der Waals surface area contributed by atoms with E-state index in [2.05, 4.69) is 24.6 Å². The van der Waals surface area contributed by atoms with E-state index in [0.717, 1.165) is 0 Å². The van der Waals surface area contributed by atoms with Crippen molar-refractivity contribution >= 4 is 12.3 Å². The topological polar surface area (TPSA) is 119 Å².